The molecule has 0 fully saturated rings. The number of nitrogens with two attached hydrogens (primary N) is 1. The van der Waals surface area contributed by atoms with Crippen LogP contribution in [-0.4, -0.2) is 11.5 Å². The lowest BCUT2D eigenvalue weighted by molar-refractivity contribution is -0.137. The summed E-state index contributed by atoms with van der Waals surface area (Å²) >= 11 is 0. The number of nitrogens with zero attached hydrogens (tertiary/aromatic N) is 2. The summed E-state index contributed by atoms with van der Waals surface area (Å²) in [4.78, 5) is 6.04. The van der Waals surface area contributed by atoms with Crippen molar-refractivity contribution in [3.05, 3.63) is 59.4 Å². The Labute approximate surface area is 120 Å². The van der Waals surface area contributed by atoms with Gasteiger partial charge in [-0.15, -0.1) is 0 Å². The lowest BCUT2D eigenvalue weighted by Gasteiger charge is -2.25. The van der Waals surface area contributed by atoms with Gasteiger partial charge in [0.25, 0.3) is 0 Å². The van der Waals surface area contributed by atoms with E-state index in [1.807, 2.05) is 11.0 Å². The van der Waals surface area contributed by atoms with Crippen LogP contribution < -0.4 is 10.6 Å². The van der Waals surface area contributed by atoms with Gasteiger partial charge in [-0.25, -0.2) is 0 Å². The number of alkyl halides is 3. The molecule has 0 saturated carbocycles. The Morgan fingerprint density at radius 1 is 1.29 bits per heavy atom. The normalized spacial score (nSPS) is 17.9. The molecule has 0 bridgehead atoms. The largest absolute Gasteiger partial charge is 0.416 e. The highest BCUT2D eigenvalue weighted by Crippen LogP contribution is 2.39. The molecule has 1 aromatic heterocycles. The molecule has 2 N–H and O–H groups in total. The maximum atomic E-state index is 12.9. The van der Waals surface area contributed by atoms with Gasteiger partial charge in [-0.2, -0.15) is 13.2 Å². The van der Waals surface area contributed by atoms with Crippen molar-refractivity contribution >= 4 is 5.69 Å². The van der Waals surface area contributed by atoms with Crippen LogP contribution in [0.25, 0.3) is 0 Å². The van der Waals surface area contributed by atoms with E-state index in [1.54, 1.807) is 18.5 Å². The van der Waals surface area contributed by atoms with E-state index in [0.29, 0.717) is 12.1 Å². The van der Waals surface area contributed by atoms with E-state index in [-0.39, 0.29) is 12.6 Å². The minimum atomic E-state index is -4.34. The van der Waals surface area contributed by atoms with Gasteiger partial charge in [0, 0.05) is 19.3 Å². The summed E-state index contributed by atoms with van der Waals surface area (Å²) in [5.74, 6) is 0. The average Bonchev–Trinajstić information content (AvgIpc) is 2.84. The van der Waals surface area contributed by atoms with Gasteiger partial charge in [0.15, 0.2) is 0 Å². The molecule has 6 heteroatoms. The summed E-state index contributed by atoms with van der Waals surface area (Å²) < 4.78 is 38.6. The molecular formula is C15H14F3N3. The molecule has 1 aliphatic rings. The highest BCUT2D eigenvalue weighted by atomic mass is 19.4. The quantitative estimate of drug-likeness (QED) is 0.925. The monoisotopic (exact) mass is 293 g/mol. The summed E-state index contributed by atoms with van der Waals surface area (Å²) in [6.45, 7) is 0.796. The predicted molar refractivity (Wildman–Crippen MR) is 73.7 cm³/mol. The standard InChI is InChI=1S/C15H14F3N3/c16-15(17,18)11-4-3-10-9-21(12-2-1-5-20-8-12)14(7-19)13(10)6-11/h1-6,8,14H,7,9,19H2. The van der Waals surface area contributed by atoms with Crippen molar-refractivity contribution < 1.29 is 13.2 Å². The zero-order valence-electron chi connectivity index (χ0n) is 11.1. The van der Waals surface area contributed by atoms with Gasteiger partial charge in [-0.05, 0) is 35.4 Å². The Kier molecular flexibility index (Phi) is 3.33. The molecule has 1 unspecified atom stereocenters. The smallest absolute Gasteiger partial charge is 0.358 e. The molecule has 3 nitrogen and oxygen atoms in total. The van der Waals surface area contributed by atoms with E-state index in [9.17, 15) is 13.2 Å². The van der Waals surface area contributed by atoms with Crippen LogP contribution in [-0.2, 0) is 12.7 Å². The molecular weight excluding hydrogens is 279 g/mol. The topological polar surface area (TPSA) is 42.1 Å². The van der Waals surface area contributed by atoms with Gasteiger partial charge in [0.1, 0.15) is 0 Å². The summed E-state index contributed by atoms with van der Waals surface area (Å²) in [7, 11) is 0. The highest BCUT2D eigenvalue weighted by Gasteiger charge is 2.35. The lowest BCUT2D eigenvalue weighted by Crippen LogP contribution is -2.27. The van der Waals surface area contributed by atoms with Crippen LogP contribution in [0, 0.1) is 0 Å². The number of pyridine rings is 1. The van der Waals surface area contributed by atoms with Gasteiger partial charge in [-0.3, -0.25) is 4.98 Å². The number of hydrogen-bond acceptors (Lipinski definition) is 3. The van der Waals surface area contributed by atoms with Crippen molar-refractivity contribution in [1.82, 2.24) is 4.98 Å². The maximum absolute atomic E-state index is 12.9. The summed E-state index contributed by atoms with van der Waals surface area (Å²) in [5, 5.41) is 0. The minimum absolute atomic E-state index is 0.253. The SMILES string of the molecule is NCC1c2cc(C(F)(F)F)ccc2CN1c1cccnc1. The van der Waals surface area contributed by atoms with Gasteiger partial charge in [0.05, 0.1) is 23.5 Å². The number of rotatable bonds is 2. The molecule has 21 heavy (non-hydrogen) atoms. The van der Waals surface area contributed by atoms with E-state index in [4.69, 9.17) is 5.73 Å². The third kappa shape index (κ3) is 2.47. The van der Waals surface area contributed by atoms with Crippen LogP contribution in [0.5, 0.6) is 0 Å². The van der Waals surface area contributed by atoms with Crippen LogP contribution in [0.1, 0.15) is 22.7 Å². The van der Waals surface area contributed by atoms with Crippen molar-refractivity contribution in [1.29, 1.82) is 0 Å². The molecule has 0 saturated heterocycles. The number of halogens is 3. The molecule has 0 spiro atoms. The van der Waals surface area contributed by atoms with E-state index in [0.717, 1.165) is 17.3 Å². The first-order valence-electron chi connectivity index (χ1n) is 6.57. The van der Waals surface area contributed by atoms with Crippen molar-refractivity contribution in [2.24, 2.45) is 5.73 Å². The van der Waals surface area contributed by atoms with Crippen molar-refractivity contribution in [2.75, 3.05) is 11.4 Å². The summed E-state index contributed by atoms with van der Waals surface area (Å²) in [6.07, 6.45) is -0.985. The fourth-order valence-electron chi connectivity index (χ4n) is 2.74. The van der Waals surface area contributed by atoms with Crippen LogP contribution in [0.3, 0.4) is 0 Å². The molecule has 0 aliphatic carbocycles. The third-order valence-electron chi connectivity index (χ3n) is 3.75. The molecule has 1 aromatic carbocycles. The van der Waals surface area contributed by atoms with Gasteiger partial charge in [0.2, 0.25) is 0 Å². The van der Waals surface area contributed by atoms with E-state index < -0.39 is 11.7 Å². The molecule has 3 rings (SSSR count). The van der Waals surface area contributed by atoms with E-state index in [1.165, 1.54) is 12.1 Å². The van der Waals surface area contributed by atoms with Crippen LogP contribution in [0.2, 0.25) is 0 Å². The van der Waals surface area contributed by atoms with E-state index in [2.05, 4.69) is 4.98 Å². The third-order valence-corrected chi connectivity index (χ3v) is 3.75. The van der Waals surface area contributed by atoms with Gasteiger partial charge in [-0.1, -0.05) is 6.07 Å². The van der Waals surface area contributed by atoms with Crippen LogP contribution in [0.4, 0.5) is 18.9 Å². The summed E-state index contributed by atoms with van der Waals surface area (Å²) in [6, 6.07) is 7.30. The van der Waals surface area contributed by atoms with Gasteiger partial charge >= 0.3 is 6.18 Å². The molecule has 2 aromatic rings. The second kappa shape index (κ2) is 5.04. The second-order valence-corrected chi connectivity index (χ2v) is 5.00. The number of anilines is 1. The molecule has 1 aliphatic heterocycles. The Balaban J connectivity index is 2.01. The molecule has 0 amide bonds. The molecule has 1 atom stereocenters. The lowest BCUT2D eigenvalue weighted by atomic mass is 10.0. The fourth-order valence-corrected chi connectivity index (χ4v) is 2.74. The van der Waals surface area contributed by atoms with Crippen molar-refractivity contribution in [3.8, 4) is 0 Å². The maximum Gasteiger partial charge on any atom is 0.416 e. The van der Waals surface area contributed by atoms with Crippen LogP contribution in [0.15, 0.2) is 42.7 Å². The van der Waals surface area contributed by atoms with Crippen molar-refractivity contribution in [2.45, 2.75) is 18.8 Å². The molecule has 2 heterocycles. The number of hydrogen-bond donors (Lipinski definition) is 1. The Morgan fingerprint density at radius 3 is 2.71 bits per heavy atom. The number of fused-ring (bicyclic) bond motifs is 1. The molecule has 0 radical (unpaired) electrons. The Morgan fingerprint density at radius 2 is 2.10 bits per heavy atom. The predicted octanol–water partition coefficient (Wildman–Crippen LogP) is 3.12. The first-order valence-corrected chi connectivity index (χ1v) is 6.57. The number of benzene rings is 1. The zero-order valence-corrected chi connectivity index (χ0v) is 11.1. The first kappa shape index (κ1) is 13.9. The fraction of sp³-hybridized carbons (Fsp3) is 0.267. The summed E-state index contributed by atoms with van der Waals surface area (Å²) in [5.41, 5.74) is 7.55. The van der Waals surface area contributed by atoms with Gasteiger partial charge < -0.3 is 10.6 Å². The van der Waals surface area contributed by atoms with Crippen molar-refractivity contribution in [3.63, 3.8) is 0 Å². The second-order valence-electron chi connectivity index (χ2n) is 5.00. The number of aromatic nitrogens is 1. The average molecular weight is 293 g/mol. The highest BCUT2D eigenvalue weighted by molar-refractivity contribution is 5.54. The van der Waals surface area contributed by atoms with E-state index >= 15 is 0 Å². The Bertz CT molecular complexity index is 640. The molecule has 110 valence electrons. The first-order chi connectivity index (χ1) is 10.0. The van der Waals surface area contributed by atoms with Crippen LogP contribution >= 0.6 is 0 Å². The zero-order chi connectivity index (χ0) is 15.0. The Hall–Kier alpha value is -2.08. The minimum Gasteiger partial charge on any atom is -0.358 e.